The lowest BCUT2D eigenvalue weighted by molar-refractivity contribution is -0.147. The number of rotatable bonds is 12. The first-order chi connectivity index (χ1) is 15.4. The van der Waals surface area contributed by atoms with Crippen LogP contribution in [0.1, 0.15) is 16.8 Å². The van der Waals surface area contributed by atoms with Gasteiger partial charge in [0.1, 0.15) is 18.0 Å². The second-order valence-corrected chi connectivity index (χ2v) is 7.52. The van der Waals surface area contributed by atoms with Gasteiger partial charge in [-0.25, -0.2) is 0 Å². The van der Waals surface area contributed by atoms with Crippen LogP contribution in [0.25, 0.3) is 0 Å². The minimum atomic E-state index is -0.398. The number of nitrogens with one attached hydrogen (secondary N) is 1. The topological polar surface area (TPSA) is 134 Å². The molecule has 0 aromatic carbocycles. The molecule has 1 aromatic rings. The van der Waals surface area contributed by atoms with Crippen LogP contribution in [0.4, 0.5) is 5.82 Å². The van der Waals surface area contributed by atoms with Gasteiger partial charge < -0.3 is 34.7 Å². The number of pyridine rings is 1. The van der Waals surface area contributed by atoms with E-state index in [-0.39, 0.29) is 53.6 Å². The van der Waals surface area contributed by atoms with Gasteiger partial charge in [0.15, 0.2) is 0 Å². The fourth-order valence-corrected chi connectivity index (χ4v) is 3.42. The van der Waals surface area contributed by atoms with Crippen LogP contribution in [0.5, 0.6) is 5.88 Å². The lowest BCUT2D eigenvalue weighted by atomic mass is 10.0. The van der Waals surface area contributed by atoms with Gasteiger partial charge in [-0.3, -0.25) is 14.5 Å². The fourth-order valence-electron chi connectivity index (χ4n) is 3.26. The largest absolute Gasteiger partial charge is 0.480 e. The molecule has 2 rings (SSSR count). The maximum atomic E-state index is 12.8. The van der Waals surface area contributed by atoms with Gasteiger partial charge in [0.05, 0.1) is 50.6 Å². The Bertz CT molecular complexity index is 768. The minimum Gasteiger partial charge on any atom is -0.480 e. The van der Waals surface area contributed by atoms with E-state index < -0.39 is 5.91 Å². The molecule has 1 amide bonds. The third-order valence-corrected chi connectivity index (χ3v) is 5.25. The molecule has 2 unspecified atom stereocenters. The summed E-state index contributed by atoms with van der Waals surface area (Å²) in [4.78, 5) is 30.8. The molecule has 0 radical (unpaired) electrons. The summed E-state index contributed by atoms with van der Waals surface area (Å²) in [5, 5.41) is 3.10. The number of piperidine rings is 1. The number of halogens is 1. The highest BCUT2D eigenvalue weighted by molar-refractivity contribution is 6.33. The average Bonchev–Trinajstić information content (AvgIpc) is 2.78. The van der Waals surface area contributed by atoms with Crippen molar-refractivity contribution in [1.82, 2.24) is 15.2 Å². The number of nitrogens with zero attached hydrogens (tertiary/aromatic N) is 2. The molecule has 1 saturated heterocycles. The van der Waals surface area contributed by atoms with Gasteiger partial charge in [-0.15, -0.1) is 0 Å². The maximum absolute atomic E-state index is 12.8. The van der Waals surface area contributed by atoms with Gasteiger partial charge in [-0.2, -0.15) is 4.98 Å². The Morgan fingerprint density at radius 2 is 2.00 bits per heavy atom. The summed E-state index contributed by atoms with van der Waals surface area (Å²) in [5.41, 5.74) is 5.86. The zero-order valence-electron chi connectivity index (χ0n) is 18.6. The number of ether oxygens (including phenoxy) is 5. The van der Waals surface area contributed by atoms with Gasteiger partial charge >= 0.3 is 5.97 Å². The van der Waals surface area contributed by atoms with Crippen LogP contribution in [0.2, 0.25) is 5.02 Å². The van der Waals surface area contributed by atoms with Crippen molar-refractivity contribution in [1.29, 1.82) is 0 Å². The predicted octanol–water partition coefficient (Wildman–Crippen LogP) is 0.351. The van der Waals surface area contributed by atoms with Crippen molar-refractivity contribution >= 4 is 29.3 Å². The van der Waals surface area contributed by atoms with E-state index in [4.69, 9.17) is 41.0 Å². The molecule has 180 valence electrons. The van der Waals surface area contributed by atoms with Crippen LogP contribution < -0.4 is 15.8 Å². The minimum absolute atomic E-state index is 0.0802. The third-order valence-electron chi connectivity index (χ3n) is 4.94. The number of anilines is 1. The summed E-state index contributed by atoms with van der Waals surface area (Å²) < 4.78 is 26.0. The first-order valence-electron chi connectivity index (χ1n) is 10.2. The number of aromatic nitrogens is 1. The molecular formula is C20H31ClN4O7. The van der Waals surface area contributed by atoms with Crippen LogP contribution in [-0.4, -0.2) is 101 Å². The number of hydrogen-bond acceptors (Lipinski definition) is 10. The van der Waals surface area contributed by atoms with Crippen LogP contribution >= 0.6 is 11.6 Å². The Kier molecular flexibility index (Phi) is 10.9. The zero-order valence-corrected chi connectivity index (χ0v) is 19.4. The Labute approximate surface area is 192 Å². The summed E-state index contributed by atoms with van der Waals surface area (Å²) in [6.45, 7) is 2.62. The molecule has 0 bridgehead atoms. The molecule has 12 heteroatoms. The smallest absolute Gasteiger partial charge is 0.320 e. The number of carbonyl (C=O) groups excluding carboxylic acids is 2. The van der Waals surface area contributed by atoms with Crippen molar-refractivity contribution < 1.29 is 33.3 Å². The molecule has 3 N–H and O–H groups in total. The number of hydrogen-bond donors (Lipinski definition) is 2. The Hall–Kier alpha value is -2.18. The van der Waals surface area contributed by atoms with E-state index in [0.29, 0.717) is 39.3 Å². The highest BCUT2D eigenvalue weighted by atomic mass is 35.5. The molecular weight excluding hydrogens is 444 g/mol. The molecule has 0 saturated carbocycles. The molecule has 0 aliphatic carbocycles. The second-order valence-electron chi connectivity index (χ2n) is 7.12. The van der Waals surface area contributed by atoms with Crippen LogP contribution in [0.15, 0.2) is 6.07 Å². The van der Waals surface area contributed by atoms with Crippen molar-refractivity contribution in [3.05, 3.63) is 16.7 Å². The second kappa shape index (κ2) is 13.4. The van der Waals surface area contributed by atoms with E-state index >= 15 is 0 Å². The molecule has 2 heterocycles. The third kappa shape index (κ3) is 7.75. The molecule has 1 aliphatic rings. The van der Waals surface area contributed by atoms with Gasteiger partial charge in [0, 0.05) is 27.3 Å². The van der Waals surface area contributed by atoms with E-state index in [1.165, 1.54) is 13.2 Å². The number of methoxy groups -OCH3 is 3. The Morgan fingerprint density at radius 1 is 1.25 bits per heavy atom. The summed E-state index contributed by atoms with van der Waals surface area (Å²) in [6.07, 6.45) is 0.261. The maximum Gasteiger partial charge on any atom is 0.320 e. The summed E-state index contributed by atoms with van der Waals surface area (Å²) >= 11 is 6.01. The van der Waals surface area contributed by atoms with Crippen LogP contribution in [0.3, 0.4) is 0 Å². The molecule has 11 nitrogen and oxygen atoms in total. The number of likely N-dealkylation sites (tertiary alicyclic amines) is 1. The number of nitrogens with two attached hydrogens (primary N) is 1. The van der Waals surface area contributed by atoms with E-state index in [1.54, 1.807) is 14.2 Å². The van der Waals surface area contributed by atoms with E-state index in [9.17, 15) is 9.59 Å². The first kappa shape index (κ1) is 26.1. The van der Waals surface area contributed by atoms with Crippen molar-refractivity contribution in [3.63, 3.8) is 0 Å². The van der Waals surface area contributed by atoms with Crippen molar-refractivity contribution in [2.24, 2.45) is 0 Å². The van der Waals surface area contributed by atoms with Crippen molar-refractivity contribution in [2.45, 2.75) is 18.6 Å². The van der Waals surface area contributed by atoms with E-state index in [2.05, 4.69) is 10.3 Å². The summed E-state index contributed by atoms with van der Waals surface area (Å²) in [6, 6.07) is 1.15. The monoisotopic (exact) mass is 474 g/mol. The lowest BCUT2D eigenvalue weighted by Gasteiger charge is -2.37. The lowest BCUT2D eigenvalue weighted by Crippen LogP contribution is -2.55. The SMILES string of the molecule is COCCOCCOC(=O)CN1CCC(NC(=O)c2cc(Cl)c(N)nc2OC)C(OC)C1. The van der Waals surface area contributed by atoms with Gasteiger partial charge in [0.25, 0.3) is 5.91 Å². The molecule has 0 spiro atoms. The Balaban J connectivity index is 1.84. The number of nitrogen functional groups attached to an aromatic ring is 1. The van der Waals surface area contributed by atoms with Gasteiger partial charge in [-0.1, -0.05) is 11.6 Å². The summed E-state index contributed by atoms with van der Waals surface area (Å²) in [7, 11) is 4.55. The molecule has 32 heavy (non-hydrogen) atoms. The fraction of sp³-hybridized carbons (Fsp3) is 0.650. The van der Waals surface area contributed by atoms with Gasteiger partial charge in [0.2, 0.25) is 5.88 Å². The highest BCUT2D eigenvalue weighted by Gasteiger charge is 2.32. The number of carbonyl (C=O) groups is 2. The van der Waals surface area contributed by atoms with E-state index in [1.807, 2.05) is 4.90 Å². The normalized spacial score (nSPS) is 18.9. The van der Waals surface area contributed by atoms with Crippen molar-refractivity contribution in [3.8, 4) is 5.88 Å². The average molecular weight is 475 g/mol. The predicted molar refractivity (Wildman–Crippen MR) is 117 cm³/mol. The van der Waals surface area contributed by atoms with Crippen LogP contribution in [-0.2, 0) is 23.7 Å². The molecule has 1 aromatic heterocycles. The van der Waals surface area contributed by atoms with Crippen LogP contribution in [0, 0.1) is 0 Å². The number of amides is 1. The quantitative estimate of drug-likeness (QED) is 0.322. The molecule has 2 atom stereocenters. The summed E-state index contributed by atoms with van der Waals surface area (Å²) in [5.74, 6) is -0.573. The highest BCUT2D eigenvalue weighted by Crippen LogP contribution is 2.25. The first-order valence-corrected chi connectivity index (χ1v) is 10.6. The van der Waals surface area contributed by atoms with Gasteiger partial charge in [-0.05, 0) is 12.5 Å². The Morgan fingerprint density at radius 3 is 2.69 bits per heavy atom. The van der Waals surface area contributed by atoms with Crippen molar-refractivity contribution in [2.75, 3.05) is 73.1 Å². The number of esters is 1. The standard InChI is InChI=1S/C20H31ClN4O7/c1-28-6-7-31-8-9-32-17(26)12-25-5-4-15(16(11-25)29-2)23-19(27)13-10-14(21)18(22)24-20(13)30-3/h10,15-16H,4-9,11-12H2,1-3H3,(H2,22,24)(H,23,27). The van der Waals surface area contributed by atoms with E-state index in [0.717, 1.165) is 0 Å². The molecule has 1 fully saturated rings. The molecule has 1 aliphatic heterocycles. The zero-order chi connectivity index (χ0) is 23.5.